The first-order valence-corrected chi connectivity index (χ1v) is 9.08. The molecule has 2 aromatic carbocycles. The van der Waals surface area contributed by atoms with Crippen LogP contribution in [0.3, 0.4) is 0 Å². The Morgan fingerprint density at radius 1 is 1.21 bits per heavy atom. The molecule has 0 spiro atoms. The molecular weight excluding hydrogens is 381 g/mol. The van der Waals surface area contributed by atoms with Crippen LogP contribution in [-0.4, -0.2) is 32.8 Å². The van der Waals surface area contributed by atoms with Crippen LogP contribution in [0.1, 0.15) is 10.4 Å². The van der Waals surface area contributed by atoms with E-state index >= 15 is 0 Å². The number of nitrogens with one attached hydrogen (secondary N) is 1. The van der Waals surface area contributed by atoms with Crippen LogP contribution in [0.5, 0.6) is 5.75 Å². The average Bonchev–Trinajstić information content (AvgIpc) is 3.40. The van der Waals surface area contributed by atoms with Gasteiger partial charge in [0, 0.05) is 16.5 Å². The minimum Gasteiger partial charge on any atom is -0.496 e. The molecule has 0 aliphatic rings. The molecule has 0 unspecified atom stereocenters. The number of amides is 1. The molecule has 4 aromatic rings. The molecule has 0 saturated carbocycles. The molecule has 2 aromatic heterocycles. The van der Waals surface area contributed by atoms with Crippen molar-refractivity contribution < 1.29 is 13.9 Å². The number of thiazole rings is 1. The molecule has 4 rings (SSSR count). The van der Waals surface area contributed by atoms with Crippen LogP contribution in [0, 0.1) is 5.82 Å². The fourth-order valence-electron chi connectivity index (χ4n) is 2.61. The van der Waals surface area contributed by atoms with E-state index in [0.717, 1.165) is 5.69 Å². The molecule has 140 valence electrons. The molecule has 0 atom stereocenters. The summed E-state index contributed by atoms with van der Waals surface area (Å²) in [5.74, 6) is -0.174. The smallest absolute Gasteiger partial charge is 0.257 e. The Labute approximate surface area is 163 Å². The van der Waals surface area contributed by atoms with Crippen molar-refractivity contribution in [3.05, 3.63) is 71.9 Å². The van der Waals surface area contributed by atoms with E-state index < -0.39 is 0 Å². The van der Waals surface area contributed by atoms with Crippen molar-refractivity contribution in [1.82, 2.24) is 19.7 Å². The third-order valence-corrected chi connectivity index (χ3v) is 4.73. The van der Waals surface area contributed by atoms with Crippen molar-refractivity contribution in [2.75, 3.05) is 12.4 Å². The number of carbonyl (C=O) groups excluding carboxylic acids is 1. The maximum Gasteiger partial charge on any atom is 0.257 e. The summed E-state index contributed by atoms with van der Waals surface area (Å²) in [6.45, 7) is 0. The number of halogens is 1. The van der Waals surface area contributed by atoms with Crippen LogP contribution in [-0.2, 0) is 0 Å². The second-order valence-corrected chi connectivity index (χ2v) is 6.58. The lowest BCUT2D eigenvalue weighted by atomic mass is 10.1. The average molecular weight is 395 g/mol. The monoisotopic (exact) mass is 395 g/mol. The normalized spacial score (nSPS) is 10.6. The zero-order valence-corrected chi connectivity index (χ0v) is 15.5. The molecule has 1 N–H and O–H groups in total. The quantitative estimate of drug-likeness (QED) is 0.556. The van der Waals surface area contributed by atoms with Crippen molar-refractivity contribution >= 4 is 22.4 Å². The van der Waals surface area contributed by atoms with Crippen molar-refractivity contribution in [2.45, 2.75) is 0 Å². The zero-order valence-electron chi connectivity index (χ0n) is 14.7. The molecule has 1 amide bonds. The number of nitrogens with zero attached hydrogens (tertiary/aromatic N) is 4. The van der Waals surface area contributed by atoms with E-state index in [-0.39, 0.29) is 11.7 Å². The number of anilines is 1. The molecule has 0 bridgehead atoms. The Hall–Kier alpha value is -3.59. The van der Waals surface area contributed by atoms with Crippen molar-refractivity contribution in [3.63, 3.8) is 0 Å². The number of aromatic nitrogens is 4. The van der Waals surface area contributed by atoms with Gasteiger partial charge >= 0.3 is 0 Å². The Morgan fingerprint density at radius 2 is 2.04 bits per heavy atom. The molecule has 2 heterocycles. The fraction of sp³-hybridized carbons (Fsp3) is 0.0526. The Bertz CT molecular complexity index is 1110. The number of hydrogen-bond acceptors (Lipinski definition) is 6. The van der Waals surface area contributed by atoms with Gasteiger partial charge in [0.25, 0.3) is 5.91 Å². The minimum absolute atomic E-state index is 0.294. The number of methoxy groups -OCH3 is 1. The molecule has 28 heavy (non-hydrogen) atoms. The van der Waals surface area contributed by atoms with Crippen LogP contribution in [0.2, 0.25) is 0 Å². The number of ether oxygens (including phenoxy) is 1. The third kappa shape index (κ3) is 3.60. The largest absolute Gasteiger partial charge is 0.496 e. The van der Waals surface area contributed by atoms with Gasteiger partial charge < -0.3 is 4.74 Å². The first kappa shape index (κ1) is 17.8. The lowest BCUT2D eigenvalue weighted by Gasteiger charge is -2.06. The summed E-state index contributed by atoms with van der Waals surface area (Å²) in [5, 5.41) is 8.94. The number of hydrogen-bond donors (Lipinski definition) is 1. The first-order chi connectivity index (χ1) is 13.6. The molecule has 9 heteroatoms. The standard InChI is InChI=1S/C19H14FN5O2S/c1-27-17-7-4-13(20)8-15(17)16-9-28-19(23-16)24-18(26)12-2-5-14(6-3-12)25-11-21-10-22-25/h2-11H,1H3,(H,23,24,26). The second kappa shape index (κ2) is 7.57. The van der Waals surface area contributed by atoms with E-state index in [1.165, 1.54) is 36.9 Å². The predicted octanol–water partition coefficient (Wildman–Crippen LogP) is 3.79. The lowest BCUT2D eigenvalue weighted by Crippen LogP contribution is -2.11. The van der Waals surface area contributed by atoms with Gasteiger partial charge in [0.2, 0.25) is 0 Å². The van der Waals surface area contributed by atoms with E-state index in [0.29, 0.717) is 27.7 Å². The van der Waals surface area contributed by atoms with E-state index in [2.05, 4.69) is 20.4 Å². The van der Waals surface area contributed by atoms with E-state index in [1.807, 2.05) is 0 Å². The topological polar surface area (TPSA) is 81.9 Å². The summed E-state index contributed by atoms with van der Waals surface area (Å²) in [7, 11) is 1.51. The van der Waals surface area contributed by atoms with Crippen molar-refractivity contribution in [1.29, 1.82) is 0 Å². The summed E-state index contributed by atoms with van der Waals surface area (Å²) in [5.41, 5.74) is 2.32. The Balaban J connectivity index is 1.51. The maximum absolute atomic E-state index is 13.6. The van der Waals surface area contributed by atoms with Gasteiger partial charge in [-0.05, 0) is 42.5 Å². The summed E-state index contributed by atoms with van der Waals surface area (Å²) >= 11 is 1.25. The number of benzene rings is 2. The SMILES string of the molecule is COc1ccc(F)cc1-c1csc(NC(=O)c2ccc(-n3cncn3)cc2)n1. The van der Waals surface area contributed by atoms with Gasteiger partial charge in [-0.25, -0.2) is 19.0 Å². The van der Waals surface area contributed by atoms with Crippen LogP contribution >= 0.6 is 11.3 Å². The summed E-state index contributed by atoms with van der Waals surface area (Å²) in [6.07, 6.45) is 3.02. The van der Waals surface area contributed by atoms with Crippen molar-refractivity contribution in [2.24, 2.45) is 0 Å². The Kier molecular flexibility index (Phi) is 4.81. The van der Waals surface area contributed by atoms with E-state index in [4.69, 9.17) is 4.74 Å². The van der Waals surface area contributed by atoms with Crippen LogP contribution < -0.4 is 10.1 Å². The van der Waals surface area contributed by atoms with Crippen LogP contribution in [0.25, 0.3) is 16.9 Å². The predicted molar refractivity (Wildman–Crippen MR) is 103 cm³/mol. The Morgan fingerprint density at radius 3 is 2.75 bits per heavy atom. The molecule has 0 aliphatic carbocycles. The highest BCUT2D eigenvalue weighted by Crippen LogP contribution is 2.32. The van der Waals surface area contributed by atoms with E-state index in [1.54, 1.807) is 46.7 Å². The first-order valence-electron chi connectivity index (χ1n) is 8.20. The van der Waals surface area contributed by atoms with Crippen molar-refractivity contribution in [3.8, 4) is 22.7 Å². The maximum atomic E-state index is 13.6. The minimum atomic E-state index is -0.387. The molecule has 0 saturated heterocycles. The molecule has 0 radical (unpaired) electrons. The van der Waals surface area contributed by atoms with Gasteiger partial charge in [-0.3, -0.25) is 10.1 Å². The van der Waals surface area contributed by atoms with Crippen LogP contribution in [0.15, 0.2) is 60.5 Å². The lowest BCUT2D eigenvalue weighted by molar-refractivity contribution is 0.102. The van der Waals surface area contributed by atoms with Gasteiger partial charge in [0.05, 0.1) is 18.5 Å². The zero-order chi connectivity index (χ0) is 19.5. The molecule has 7 nitrogen and oxygen atoms in total. The molecule has 0 fully saturated rings. The second-order valence-electron chi connectivity index (χ2n) is 5.72. The van der Waals surface area contributed by atoms with Gasteiger partial charge in [0.15, 0.2) is 5.13 Å². The number of rotatable bonds is 5. The van der Waals surface area contributed by atoms with Gasteiger partial charge in [-0.2, -0.15) is 5.10 Å². The number of carbonyl (C=O) groups is 1. The summed E-state index contributed by atoms with van der Waals surface area (Å²) < 4.78 is 20.4. The molecular formula is C19H14FN5O2S. The summed E-state index contributed by atoms with van der Waals surface area (Å²) in [4.78, 5) is 20.7. The highest BCUT2D eigenvalue weighted by Gasteiger charge is 2.14. The fourth-order valence-corrected chi connectivity index (χ4v) is 3.32. The van der Waals surface area contributed by atoms with Crippen LogP contribution in [0.4, 0.5) is 9.52 Å². The van der Waals surface area contributed by atoms with Gasteiger partial charge in [-0.1, -0.05) is 0 Å². The highest BCUT2D eigenvalue weighted by molar-refractivity contribution is 7.14. The third-order valence-electron chi connectivity index (χ3n) is 3.97. The highest BCUT2D eigenvalue weighted by atomic mass is 32.1. The molecule has 0 aliphatic heterocycles. The van der Waals surface area contributed by atoms with Gasteiger partial charge in [-0.15, -0.1) is 11.3 Å². The summed E-state index contributed by atoms with van der Waals surface area (Å²) in [6, 6.07) is 11.1. The van der Waals surface area contributed by atoms with Gasteiger partial charge in [0.1, 0.15) is 24.2 Å². The van der Waals surface area contributed by atoms with E-state index in [9.17, 15) is 9.18 Å².